The van der Waals surface area contributed by atoms with Crippen LogP contribution in [0.15, 0.2) is 39.4 Å². The fraction of sp³-hybridized carbons (Fsp3) is 0.294. The van der Waals surface area contributed by atoms with E-state index in [2.05, 4.69) is 20.3 Å². The van der Waals surface area contributed by atoms with Crippen molar-refractivity contribution in [3.05, 3.63) is 40.3 Å². The number of thioether (sulfide) groups is 1. The van der Waals surface area contributed by atoms with E-state index >= 15 is 0 Å². The van der Waals surface area contributed by atoms with E-state index in [9.17, 15) is 14.7 Å². The van der Waals surface area contributed by atoms with Gasteiger partial charge in [0.2, 0.25) is 0 Å². The Hall–Kier alpha value is -2.61. The van der Waals surface area contributed by atoms with Gasteiger partial charge in [-0.1, -0.05) is 32.9 Å². The minimum Gasteiger partial charge on any atom is -0.507 e. The number of nitrogens with zero attached hydrogens (tertiary/aromatic N) is 2. The zero-order valence-electron chi connectivity index (χ0n) is 14.4. The predicted molar refractivity (Wildman–Crippen MR) is 97.7 cm³/mol. The molecule has 8 heteroatoms. The lowest BCUT2D eigenvalue weighted by atomic mass is 9.85. The van der Waals surface area contributed by atoms with E-state index in [4.69, 9.17) is 0 Å². The highest BCUT2D eigenvalue weighted by molar-refractivity contribution is 8.18. The summed E-state index contributed by atoms with van der Waals surface area (Å²) in [5, 5.41) is 20.9. The number of amidine groups is 1. The number of carbonyl (C=O) groups excluding carboxylic acids is 2. The molecule has 1 aliphatic rings. The van der Waals surface area contributed by atoms with Crippen molar-refractivity contribution in [3.63, 3.8) is 0 Å². The minimum absolute atomic E-state index is 0.147. The van der Waals surface area contributed by atoms with Crippen LogP contribution in [0, 0.1) is 0 Å². The van der Waals surface area contributed by atoms with Gasteiger partial charge in [0.15, 0.2) is 5.17 Å². The van der Waals surface area contributed by atoms with Crippen molar-refractivity contribution in [2.75, 3.05) is 7.11 Å². The Morgan fingerprint density at radius 2 is 2.08 bits per heavy atom. The summed E-state index contributed by atoms with van der Waals surface area (Å²) in [5.41, 5.74) is 1.12. The third-order valence-corrected chi connectivity index (χ3v) is 4.22. The van der Waals surface area contributed by atoms with E-state index in [0.717, 1.165) is 23.4 Å². The first-order valence-corrected chi connectivity index (χ1v) is 8.26. The Bertz CT molecular complexity index is 792. The number of carbonyl (C=O) groups is 2. The van der Waals surface area contributed by atoms with Gasteiger partial charge in [-0.2, -0.15) is 5.10 Å². The second kappa shape index (κ2) is 7.52. The van der Waals surface area contributed by atoms with Crippen molar-refractivity contribution in [2.45, 2.75) is 26.2 Å². The standard InChI is InChI=1S/C17H19N3O4S/c1-17(2,3)11-7-5-6-10(14(11)22)9-18-20-16-19-15(23)12(25-16)8-13(21)24-4/h5-9,22H,1-4H3,(H,19,20,23)/b12-8+,18-9?. The summed E-state index contributed by atoms with van der Waals surface area (Å²) in [6.45, 7) is 6.01. The van der Waals surface area contributed by atoms with Gasteiger partial charge in [0.25, 0.3) is 5.91 Å². The highest BCUT2D eigenvalue weighted by Crippen LogP contribution is 2.32. The maximum absolute atomic E-state index is 11.7. The summed E-state index contributed by atoms with van der Waals surface area (Å²) < 4.78 is 4.48. The number of amides is 1. The Morgan fingerprint density at radius 3 is 2.72 bits per heavy atom. The van der Waals surface area contributed by atoms with Gasteiger partial charge >= 0.3 is 5.97 Å². The molecule has 1 aromatic carbocycles. The SMILES string of the molecule is COC(=O)/C=C1/S/C(=N\N=Cc2cccc(C(C)(C)C)c2O)NC1=O. The first-order valence-electron chi connectivity index (χ1n) is 7.44. The lowest BCUT2D eigenvalue weighted by Crippen LogP contribution is -2.19. The number of nitrogens with one attached hydrogen (secondary N) is 1. The largest absolute Gasteiger partial charge is 0.507 e. The zero-order chi connectivity index (χ0) is 18.6. The summed E-state index contributed by atoms with van der Waals surface area (Å²) in [4.78, 5) is 23.1. The number of phenolic OH excluding ortho intramolecular Hbond substituents is 1. The summed E-state index contributed by atoms with van der Waals surface area (Å²) in [6, 6.07) is 5.41. The second-order valence-electron chi connectivity index (χ2n) is 6.23. The highest BCUT2D eigenvalue weighted by Gasteiger charge is 2.25. The number of ether oxygens (including phenoxy) is 1. The third-order valence-electron chi connectivity index (χ3n) is 3.32. The molecule has 0 radical (unpaired) electrons. The molecule has 2 N–H and O–H groups in total. The van der Waals surface area contributed by atoms with Crippen LogP contribution in [-0.4, -0.2) is 35.5 Å². The molecule has 0 atom stereocenters. The van der Waals surface area contributed by atoms with Gasteiger partial charge in [0.1, 0.15) is 5.75 Å². The molecule has 0 spiro atoms. The fourth-order valence-corrected chi connectivity index (χ4v) is 2.79. The molecule has 1 amide bonds. The quantitative estimate of drug-likeness (QED) is 0.372. The lowest BCUT2D eigenvalue weighted by molar-refractivity contribution is -0.135. The maximum atomic E-state index is 11.7. The molecule has 0 bridgehead atoms. The van der Waals surface area contributed by atoms with Gasteiger partial charge in [-0.25, -0.2) is 4.79 Å². The van der Waals surface area contributed by atoms with Gasteiger partial charge in [-0.15, -0.1) is 5.10 Å². The molecule has 0 aliphatic carbocycles. The predicted octanol–water partition coefficient (Wildman–Crippen LogP) is 2.30. The maximum Gasteiger partial charge on any atom is 0.331 e. The third kappa shape index (κ3) is 4.69. The Labute approximate surface area is 149 Å². The van der Waals surface area contributed by atoms with Crippen LogP contribution in [0.5, 0.6) is 5.75 Å². The van der Waals surface area contributed by atoms with Crippen molar-refractivity contribution in [2.24, 2.45) is 10.2 Å². The molecule has 25 heavy (non-hydrogen) atoms. The van der Waals surface area contributed by atoms with Gasteiger partial charge in [-0.3, -0.25) is 10.1 Å². The number of esters is 1. The van der Waals surface area contributed by atoms with Crippen LogP contribution in [0.25, 0.3) is 0 Å². The number of aromatic hydroxyl groups is 1. The number of rotatable bonds is 3. The number of methoxy groups -OCH3 is 1. The van der Waals surface area contributed by atoms with Crippen molar-refractivity contribution in [1.29, 1.82) is 0 Å². The van der Waals surface area contributed by atoms with Crippen LogP contribution in [0.1, 0.15) is 31.9 Å². The molecular formula is C17H19N3O4S. The topological polar surface area (TPSA) is 100 Å². The average molecular weight is 361 g/mol. The molecule has 0 aromatic heterocycles. The molecule has 1 aliphatic heterocycles. The van der Waals surface area contributed by atoms with Gasteiger partial charge in [0, 0.05) is 11.6 Å². The molecular weight excluding hydrogens is 342 g/mol. The van der Waals surface area contributed by atoms with Crippen molar-refractivity contribution in [1.82, 2.24) is 5.32 Å². The molecule has 0 unspecified atom stereocenters. The van der Waals surface area contributed by atoms with Crippen LogP contribution >= 0.6 is 11.8 Å². The number of hydrogen-bond donors (Lipinski definition) is 2. The van der Waals surface area contributed by atoms with Crippen LogP contribution in [0.2, 0.25) is 0 Å². The second-order valence-corrected chi connectivity index (χ2v) is 7.26. The van der Waals surface area contributed by atoms with E-state index in [0.29, 0.717) is 5.56 Å². The molecule has 0 saturated carbocycles. The van der Waals surface area contributed by atoms with Crippen LogP contribution < -0.4 is 5.32 Å². The van der Waals surface area contributed by atoms with Crippen molar-refractivity contribution < 1.29 is 19.4 Å². The Kier molecular flexibility index (Phi) is 5.63. The van der Waals surface area contributed by atoms with Crippen LogP contribution in [0.3, 0.4) is 0 Å². The first kappa shape index (κ1) is 18.7. The fourth-order valence-electron chi connectivity index (χ4n) is 2.06. The molecule has 1 heterocycles. The molecule has 2 rings (SSSR count). The van der Waals surface area contributed by atoms with E-state index in [1.165, 1.54) is 13.3 Å². The van der Waals surface area contributed by atoms with E-state index in [1.807, 2.05) is 32.9 Å². The van der Waals surface area contributed by atoms with E-state index in [-0.39, 0.29) is 21.2 Å². The average Bonchev–Trinajstić information content (AvgIpc) is 2.87. The number of phenols is 1. The number of hydrogen-bond acceptors (Lipinski definition) is 7. The molecule has 1 fully saturated rings. The minimum atomic E-state index is -0.619. The normalized spacial score (nSPS) is 18.2. The summed E-state index contributed by atoms with van der Waals surface area (Å²) in [6.07, 6.45) is 2.50. The van der Waals surface area contributed by atoms with Gasteiger partial charge in [0.05, 0.1) is 18.2 Å². The smallest absolute Gasteiger partial charge is 0.331 e. The number of para-hydroxylation sites is 1. The first-order chi connectivity index (χ1) is 11.7. The number of benzene rings is 1. The van der Waals surface area contributed by atoms with Crippen molar-refractivity contribution >= 4 is 35.0 Å². The molecule has 132 valence electrons. The van der Waals surface area contributed by atoms with E-state index < -0.39 is 11.9 Å². The summed E-state index contributed by atoms with van der Waals surface area (Å²) >= 11 is 0.983. The van der Waals surface area contributed by atoms with Gasteiger partial charge in [-0.05, 0) is 28.8 Å². The van der Waals surface area contributed by atoms with Gasteiger partial charge < -0.3 is 9.84 Å². The van der Waals surface area contributed by atoms with Crippen molar-refractivity contribution in [3.8, 4) is 5.75 Å². The summed E-state index contributed by atoms with van der Waals surface area (Å²) in [7, 11) is 1.23. The molecule has 1 saturated heterocycles. The molecule has 7 nitrogen and oxygen atoms in total. The van der Waals surface area contributed by atoms with Crippen LogP contribution in [-0.2, 0) is 19.7 Å². The lowest BCUT2D eigenvalue weighted by Gasteiger charge is -2.20. The van der Waals surface area contributed by atoms with E-state index in [1.54, 1.807) is 6.07 Å². The van der Waals surface area contributed by atoms with Crippen LogP contribution in [0.4, 0.5) is 0 Å². The monoisotopic (exact) mass is 361 g/mol. The Morgan fingerprint density at radius 1 is 1.36 bits per heavy atom. The molecule has 1 aromatic rings. The summed E-state index contributed by atoms with van der Waals surface area (Å²) in [5.74, 6) is -0.915. The Balaban J connectivity index is 2.17. The zero-order valence-corrected chi connectivity index (χ0v) is 15.2. The highest BCUT2D eigenvalue weighted by atomic mass is 32.2.